The average Bonchev–Trinajstić information content (AvgIpc) is 2.36. The normalized spacial score (nSPS) is 10.5. The molecule has 0 fully saturated rings. The fraction of sp³-hybridized carbons (Fsp3) is 0.167. The van der Waals surface area contributed by atoms with Crippen LogP contribution >= 0.6 is 27.7 Å². The van der Waals surface area contributed by atoms with Crippen molar-refractivity contribution in [3.63, 3.8) is 0 Å². The van der Waals surface area contributed by atoms with Crippen molar-refractivity contribution in [2.75, 3.05) is 5.73 Å². The zero-order valence-corrected chi connectivity index (χ0v) is 12.9. The number of hydrogen-bond acceptors (Lipinski definition) is 6. The van der Waals surface area contributed by atoms with Crippen LogP contribution in [-0.4, -0.2) is 14.9 Å². The van der Waals surface area contributed by atoms with Gasteiger partial charge >= 0.3 is 0 Å². The molecule has 2 aromatic rings. The molecule has 0 atom stereocenters. The summed E-state index contributed by atoms with van der Waals surface area (Å²) in [6, 6.07) is 6.63. The Hall–Kier alpha value is -1.67. The van der Waals surface area contributed by atoms with E-state index in [1.54, 1.807) is 12.1 Å². The average molecular weight is 355 g/mol. The van der Waals surface area contributed by atoms with Crippen molar-refractivity contribution in [2.45, 2.75) is 17.8 Å². The fourth-order valence-corrected chi connectivity index (χ4v) is 3.23. The minimum absolute atomic E-state index is 0.0489. The van der Waals surface area contributed by atoms with Gasteiger partial charge in [0.25, 0.3) is 5.69 Å². The number of anilines is 1. The van der Waals surface area contributed by atoms with Gasteiger partial charge in [0.15, 0.2) is 5.16 Å². The summed E-state index contributed by atoms with van der Waals surface area (Å²) in [5.41, 5.74) is 7.31. The standard InChI is InChI=1S/C12H11BrN4O2S/c1-7-5-10(14)16-12(15-7)20-6-8-3-2-4-9(11(8)13)17(18)19/h2-5H,6H2,1H3,(H2,14,15,16). The minimum atomic E-state index is -0.417. The lowest BCUT2D eigenvalue weighted by Crippen LogP contribution is -1.97. The predicted octanol–water partition coefficient (Wildman–Crippen LogP) is 3.33. The summed E-state index contributed by atoms with van der Waals surface area (Å²) in [7, 11) is 0. The number of hydrogen-bond donors (Lipinski definition) is 1. The molecule has 0 aliphatic carbocycles. The molecule has 2 rings (SSSR count). The number of nitrogens with zero attached hydrogens (tertiary/aromatic N) is 3. The van der Waals surface area contributed by atoms with Crippen LogP contribution < -0.4 is 5.73 Å². The van der Waals surface area contributed by atoms with E-state index in [1.165, 1.54) is 17.8 Å². The third-order valence-electron chi connectivity index (χ3n) is 2.47. The largest absolute Gasteiger partial charge is 0.384 e. The van der Waals surface area contributed by atoms with Gasteiger partial charge in [-0.1, -0.05) is 23.9 Å². The van der Waals surface area contributed by atoms with E-state index in [-0.39, 0.29) is 5.69 Å². The smallest absolute Gasteiger partial charge is 0.283 e. The molecule has 0 bridgehead atoms. The van der Waals surface area contributed by atoms with Crippen LogP contribution in [0.25, 0.3) is 0 Å². The van der Waals surface area contributed by atoms with E-state index >= 15 is 0 Å². The number of rotatable bonds is 4. The lowest BCUT2D eigenvalue weighted by molar-refractivity contribution is -0.385. The van der Waals surface area contributed by atoms with Crippen molar-refractivity contribution in [2.24, 2.45) is 0 Å². The zero-order chi connectivity index (χ0) is 14.7. The lowest BCUT2D eigenvalue weighted by atomic mass is 10.2. The summed E-state index contributed by atoms with van der Waals surface area (Å²) in [4.78, 5) is 18.8. The number of aromatic nitrogens is 2. The van der Waals surface area contributed by atoms with Crippen LogP contribution in [-0.2, 0) is 5.75 Å². The van der Waals surface area contributed by atoms with E-state index < -0.39 is 4.92 Å². The Morgan fingerprint density at radius 2 is 2.20 bits per heavy atom. The maximum atomic E-state index is 10.9. The molecule has 0 aliphatic rings. The molecular weight excluding hydrogens is 344 g/mol. The summed E-state index contributed by atoms with van der Waals surface area (Å²) in [5, 5.41) is 11.4. The molecular formula is C12H11BrN4O2S. The number of nitro groups is 1. The van der Waals surface area contributed by atoms with E-state index in [0.29, 0.717) is 21.2 Å². The molecule has 104 valence electrons. The van der Waals surface area contributed by atoms with Crippen molar-refractivity contribution in [1.82, 2.24) is 9.97 Å². The molecule has 0 unspecified atom stereocenters. The molecule has 2 N–H and O–H groups in total. The minimum Gasteiger partial charge on any atom is -0.384 e. The molecule has 8 heteroatoms. The van der Waals surface area contributed by atoms with Crippen LogP contribution in [0.5, 0.6) is 0 Å². The predicted molar refractivity (Wildman–Crippen MR) is 81.5 cm³/mol. The van der Waals surface area contributed by atoms with E-state index in [4.69, 9.17) is 5.73 Å². The number of benzene rings is 1. The van der Waals surface area contributed by atoms with Gasteiger partial charge in [-0.15, -0.1) is 0 Å². The van der Waals surface area contributed by atoms with Crippen molar-refractivity contribution in [3.05, 3.63) is 50.1 Å². The van der Waals surface area contributed by atoms with Crippen LogP contribution in [0, 0.1) is 17.0 Å². The lowest BCUT2D eigenvalue weighted by Gasteiger charge is -2.05. The highest BCUT2D eigenvalue weighted by molar-refractivity contribution is 9.10. The number of nitro benzene ring substituents is 1. The SMILES string of the molecule is Cc1cc(N)nc(SCc2cccc([N+](=O)[O-])c2Br)n1. The van der Waals surface area contributed by atoms with E-state index in [2.05, 4.69) is 25.9 Å². The van der Waals surface area contributed by atoms with Crippen molar-refractivity contribution in [3.8, 4) is 0 Å². The fourth-order valence-electron chi connectivity index (χ4n) is 1.59. The Labute approximate surface area is 128 Å². The van der Waals surface area contributed by atoms with Gasteiger partial charge in [-0.25, -0.2) is 9.97 Å². The Balaban J connectivity index is 2.19. The molecule has 0 spiro atoms. The third kappa shape index (κ3) is 3.45. The molecule has 1 aromatic heterocycles. The molecule has 6 nitrogen and oxygen atoms in total. The van der Waals surface area contributed by atoms with Crippen molar-refractivity contribution >= 4 is 39.2 Å². The van der Waals surface area contributed by atoms with Gasteiger partial charge in [0.2, 0.25) is 0 Å². The Bertz CT molecular complexity index is 646. The van der Waals surface area contributed by atoms with Gasteiger partial charge < -0.3 is 5.73 Å². The second-order valence-electron chi connectivity index (χ2n) is 4.01. The Kier molecular flexibility index (Phi) is 4.56. The van der Waals surface area contributed by atoms with Gasteiger partial charge in [-0.2, -0.15) is 0 Å². The van der Waals surface area contributed by atoms with Crippen LogP contribution in [0.15, 0.2) is 33.9 Å². The van der Waals surface area contributed by atoms with Gasteiger partial charge in [0.1, 0.15) is 5.82 Å². The monoisotopic (exact) mass is 354 g/mol. The van der Waals surface area contributed by atoms with E-state index in [0.717, 1.165) is 11.3 Å². The van der Waals surface area contributed by atoms with Crippen molar-refractivity contribution < 1.29 is 4.92 Å². The summed E-state index contributed by atoms with van der Waals surface area (Å²) < 4.78 is 0.484. The van der Waals surface area contributed by atoms with Crippen LogP contribution in [0.1, 0.15) is 11.3 Å². The van der Waals surface area contributed by atoms with Gasteiger partial charge in [-0.3, -0.25) is 10.1 Å². The first-order chi connectivity index (χ1) is 9.47. The molecule has 0 radical (unpaired) electrons. The van der Waals surface area contributed by atoms with Crippen LogP contribution in [0.3, 0.4) is 0 Å². The summed E-state index contributed by atoms with van der Waals surface area (Å²) >= 11 is 4.65. The second-order valence-corrected chi connectivity index (χ2v) is 5.75. The second kappa shape index (κ2) is 6.19. The molecule has 0 saturated heterocycles. The van der Waals surface area contributed by atoms with Crippen LogP contribution in [0.2, 0.25) is 0 Å². The highest BCUT2D eigenvalue weighted by Crippen LogP contribution is 2.32. The number of thioether (sulfide) groups is 1. The maximum absolute atomic E-state index is 10.9. The van der Waals surface area contributed by atoms with E-state index in [1.807, 2.05) is 13.0 Å². The molecule has 0 saturated carbocycles. The Morgan fingerprint density at radius 3 is 2.85 bits per heavy atom. The zero-order valence-electron chi connectivity index (χ0n) is 10.5. The molecule has 0 aliphatic heterocycles. The van der Waals surface area contributed by atoms with E-state index in [9.17, 15) is 10.1 Å². The van der Waals surface area contributed by atoms with Gasteiger partial charge in [0, 0.05) is 23.6 Å². The Morgan fingerprint density at radius 1 is 1.45 bits per heavy atom. The maximum Gasteiger partial charge on any atom is 0.283 e. The summed E-state index contributed by atoms with van der Waals surface area (Å²) in [5.74, 6) is 0.934. The summed E-state index contributed by atoms with van der Waals surface area (Å²) in [6.07, 6.45) is 0. The first-order valence-electron chi connectivity index (χ1n) is 5.63. The number of aryl methyl sites for hydroxylation is 1. The first kappa shape index (κ1) is 14.7. The van der Waals surface area contributed by atoms with Crippen molar-refractivity contribution in [1.29, 1.82) is 0 Å². The topological polar surface area (TPSA) is 94.9 Å². The number of halogens is 1. The number of nitrogen functional groups attached to an aromatic ring is 1. The van der Waals surface area contributed by atoms with Gasteiger partial charge in [0.05, 0.1) is 9.40 Å². The molecule has 1 heterocycles. The highest BCUT2D eigenvalue weighted by atomic mass is 79.9. The third-order valence-corrected chi connectivity index (χ3v) is 4.28. The highest BCUT2D eigenvalue weighted by Gasteiger charge is 2.15. The number of nitrogens with two attached hydrogens (primary N) is 1. The quantitative estimate of drug-likeness (QED) is 0.391. The first-order valence-corrected chi connectivity index (χ1v) is 7.41. The molecule has 1 aromatic carbocycles. The van der Waals surface area contributed by atoms with Gasteiger partial charge in [-0.05, 0) is 28.4 Å². The van der Waals surface area contributed by atoms with Crippen LogP contribution in [0.4, 0.5) is 11.5 Å². The molecule has 20 heavy (non-hydrogen) atoms. The summed E-state index contributed by atoms with van der Waals surface area (Å²) in [6.45, 7) is 1.84. The molecule has 0 amide bonds.